The van der Waals surface area contributed by atoms with Crippen molar-refractivity contribution in [3.8, 4) is 0 Å². The average Bonchev–Trinajstić information content (AvgIpc) is 2.37. The van der Waals surface area contributed by atoms with Crippen molar-refractivity contribution >= 4 is 0 Å². The van der Waals surface area contributed by atoms with Crippen LogP contribution in [0.5, 0.6) is 0 Å². The van der Waals surface area contributed by atoms with E-state index in [2.05, 4.69) is 12.2 Å². The zero-order valence-electron chi connectivity index (χ0n) is 12.1. The molecule has 0 saturated heterocycles. The predicted octanol–water partition coefficient (Wildman–Crippen LogP) is 1.71. The lowest BCUT2D eigenvalue weighted by Crippen LogP contribution is -2.53. The van der Waals surface area contributed by atoms with Gasteiger partial charge in [-0.3, -0.25) is 0 Å². The van der Waals surface area contributed by atoms with Crippen LogP contribution in [0.1, 0.15) is 46.0 Å². The average molecular weight is 259 g/mol. The van der Waals surface area contributed by atoms with Gasteiger partial charge in [0.2, 0.25) is 0 Å². The van der Waals surface area contributed by atoms with Gasteiger partial charge in [0, 0.05) is 12.6 Å². The molecule has 0 amide bonds. The third-order valence-electron chi connectivity index (χ3n) is 3.68. The Kier molecular flexibility index (Phi) is 7.15. The molecule has 0 aromatic carbocycles. The molecule has 108 valence electrons. The van der Waals surface area contributed by atoms with Crippen LogP contribution < -0.4 is 5.32 Å². The van der Waals surface area contributed by atoms with E-state index in [1.165, 1.54) is 0 Å². The molecule has 0 heterocycles. The summed E-state index contributed by atoms with van der Waals surface area (Å²) >= 11 is 0. The Morgan fingerprint density at radius 1 is 1.50 bits per heavy atom. The van der Waals surface area contributed by atoms with Gasteiger partial charge in [0.15, 0.2) is 0 Å². The molecule has 4 heteroatoms. The Balaban J connectivity index is 2.47. The maximum atomic E-state index is 9.68. The van der Waals surface area contributed by atoms with E-state index in [1.54, 1.807) is 7.11 Å². The minimum absolute atomic E-state index is 0.126. The summed E-state index contributed by atoms with van der Waals surface area (Å²) in [5.41, 5.74) is -0.133. The second kappa shape index (κ2) is 8.10. The van der Waals surface area contributed by atoms with E-state index in [9.17, 15) is 5.11 Å². The molecular weight excluding hydrogens is 230 g/mol. The van der Waals surface area contributed by atoms with E-state index >= 15 is 0 Å². The molecule has 1 aliphatic carbocycles. The van der Waals surface area contributed by atoms with Crippen molar-refractivity contribution in [2.75, 3.05) is 26.9 Å². The van der Waals surface area contributed by atoms with Crippen LogP contribution in [0.25, 0.3) is 0 Å². The van der Waals surface area contributed by atoms with Crippen molar-refractivity contribution in [2.45, 2.75) is 63.7 Å². The fourth-order valence-electron chi connectivity index (χ4n) is 2.78. The number of aliphatic hydroxyl groups excluding tert-OH is 1. The number of ether oxygens (including phenoxy) is 2. The zero-order valence-corrected chi connectivity index (χ0v) is 12.1. The summed E-state index contributed by atoms with van der Waals surface area (Å²) in [6.45, 7) is 5.98. The largest absolute Gasteiger partial charge is 0.394 e. The van der Waals surface area contributed by atoms with Gasteiger partial charge in [0.25, 0.3) is 0 Å². The lowest BCUT2D eigenvalue weighted by atomic mass is 9.80. The van der Waals surface area contributed by atoms with Gasteiger partial charge in [-0.15, -0.1) is 0 Å². The maximum absolute atomic E-state index is 9.68. The molecule has 3 atom stereocenters. The number of hydrogen-bond donors (Lipinski definition) is 2. The smallest absolute Gasteiger partial charge is 0.0784 e. The molecule has 4 nitrogen and oxygen atoms in total. The lowest BCUT2D eigenvalue weighted by Gasteiger charge is -2.41. The minimum atomic E-state index is -0.133. The van der Waals surface area contributed by atoms with Crippen molar-refractivity contribution in [1.82, 2.24) is 5.32 Å². The van der Waals surface area contributed by atoms with E-state index in [-0.39, 0.29) is 24.4 Å². The van der Waals surface area contributed by atoms with Crippen LogP contribution in [0.3, 0.4) is 0 Å². The summed E-state index contributed by atoms with van der Waals surface area (Å²) in [5.74, 6) is 0. The summed E-state index contributed by atoms with van der Waals surface area (Å²) in [6.07, 6.45) is 5.60. The van der Waals surface area contributed by atoms with E-state index in [4.69, 9.17) is 9.47 Å². The summed E-state index contributed by atoms with van der Waals surface area (Å²) in [5, 5.41) is 13.2. The number of nitrogens with one attached hydrogen (secondary N) is 1. The second-order valence-electron chi connectivity index (χ2n) is 5.49. The van der Waals surface area contributed by atoms with Crippen LogP contribution in [0, 0.1) is 0 Å². The normalized spacial score (nSPS) is 30.3. The molecule has 0 spiro atoms. The summed E-state index contributed by atoms with van der Waals surface area (Å²) in [7, 11) is 1.70. The maximum Gasteiger partial charge on any atom is 0.0784 e. The SMILES string of the molecule is CCCNC1(CO)CCCC(OC(C)COC)C1. The van der Waals surface area contributed by atoms with E-state index < -0.39 is 0 Å². The molecule has 3 unspecified atom stereocenters. The molecule has 1 saturated carbocycles. The van der Waals surface area contributed by atoms with Crippen molar-refractivity contribution in [2.24, 2.45) is 0 Å². The first kappa shape index (κ1) is 15.9. The Labute approximate surface area is 111 Å². The molecule has 0 radical (unpaired) electrons. The van der Waals surface area contributed by atoms with Crippen LogP contribution in [0.4, 0.5) is 0 Å². The van der Waals surface area contributed by atoms with Gasteiger partial charge in [-0.05, 0) is 45.6 Å². The van der Waals surface area contributed by atoms with E-state index in [1.807, 2.05) is 6.92 Å². The molecular formula is C14H29NO3. The van der Waals surface area contributed by atoms with E-state index in [0.717, 1.165) is 38.6 Å². The molecule has 18 heavy (non-hydrogen) atoms. The van der Waals surface area contributed by atoms with Crippen molar-refractivity contribution in [1.29, 1.82) is 0 Å². The first-order valence-electron chi connectivity index (χ1n) is 7.16. The molecule has 1 aliphatic rings. The third-order valence-corrected chi connectivity index (χ3v) is 3.68. The standard InChI is InChI=1S/C14H29NO3/c1-4-8-15-14(11-16)7-5-6-13(9-14)18-12(2)10-17-3/h12-13,15-16H,4-11H2,1-3H3. The highest BCUT2D eigenvalue weighted by Crippen LogP contribution is 2.30. The van der Waals surface area contributed by atoms with Gasteiger partial charge in [0.05, 0.1) is 25.4 Å². The molecule has 1 rings (SSSR count). The Bertz CT molecular complexity index is 225. The number of hydrogen-bond acceptors (Lipinski definition) is 4. The number of rotatable bonds is 8. The third kappa shape index (κ3) is 4.84. The van der Waals surface area contributed by atoms with Crippen LogP contribution in [-0.2, 0) is 9.47 Å². The van der Waals surface area contributed by atoms with Gasteiger partial charge < -0.3 is 19.9 Å². The summed E-state index contributed by atoms with van der Waals surface area (Å²) in [6, 6.07) is 0. The Morgan fingerprint density at radius 3 is 2.89 bits per heavy atom. The van der Waals surface area contributed by atoms with Gasteiger partial charge in [0.1, 0.15) is 0 Å². The van der Waals surface area contributed by atoms with E-state index in [0.29, 0.717) is 6.61 Å². The van der Waals surface area contributed by atoms with Crippen molar-refractivity contribution in [3.05, 3.63) is 0 Å². The highest BCUT2D eigenvalue weighted by atomic mass is 16.5. The summed E-state index contributed by atoms with van der Waals surface area (Å²) in [4.78, 5) is 0. The second-order valence-corrected chi connectivity index (χ2v) is 5.49. The lowest BCUT2D eigenvalue weighted by molar-refractivity contribution is -0.0725. The van der Waals surface area contributed by atoms with Gasteiger partial charge in [-0.2, -0.15) is 0 Å². The Hall–Kier alpha value is -0.160. The van der Waals surface area contributed by atoms with Crippen molar-refractivity contribution in [3.63, 3.8) is 0 Å². The molecule has 1 fully saturated rings. The summed E-state index contributed by atoms with van der Waals surface area (Å²) < 4.78 is 11.1. The first-order valence-corrected chi connectivity index (χ1v) is 7.16. The van der Waals surface area contributed by atoms with Gasteiger partial charge in [-0.1, -0.05) is 6.92 Å². The quantitative estimate of drug-likeness (QED) is 0.697. The topological polar surface area (TPSA) is 50.7 Å². The number of aliphatic hydroxyl groups is 1. The fourth-order valence-corrected chi connectivity index (χ4v) is 2.78. The molecule has 0 bridgehead atoms. The minimum Gasteiger partial charge on any atom is -0.394 e. The fraction of sp³-hybridized carbons (Fsp3) is 1.00. The molecule has 2 N–H and O–H groups in total. The zero-order chi connectivity index (χ0) is 13.4. The van der Waals surface area contributed by atoms with Crippen LogP contribution in [-0.4, -0.2) is 49.7 Å². The molecule has 0 aliphatic heterocycles. The van der Waals surface area contributed by atoms with Crippen LogP contribution in [0.2, 0.25) is 0 Å². The number of methoxy groups -OCH3 is 1. The molecule has 0 aromatic rings. The monoisotopic (exact) mass is 259 g/mol. The van der Waals surface area contributed by atoms with Crippen LogP contribution >= 0.6 is 0 Å². The molecule has 0 aromatic heterocycles. The Morgan fingerprint density at radius 2 is 2.28 bits per heavy atom. The predicted molar refractivity (Wildman–Crippen MR) is 72.8 cm³/mol. The highest BCUT2D eigenvalue weighted by Gasteiger charge is 2.36. The first-order chi connectivity index (χ1) is 8.65. The highest BCUT2D eigenvalue weighted by molar-refractivity contribution is 4.94. The van der Waals surface area contributed by atoms with Gasteiger partial charge in [-0.25, -0.2) is 0 Å². The van der Waals surface area contributed by atoms with Crippen molar-refractivity contribution < 1.29 is 14.6 Å². The van der Waals surface area contributed by atoms with Gasteiger partial charge >= 0.3 is 0 Å². The van der Waals surface area contributed by atoms with Crippen LogP contribution in [0.15, 0.2) is 0 Å².